The fourth-order valence-corrected chi connectivity index (χ4v) is 1.40. The molecule has 0 atom stereocenters. The van der Waals surface area contributed by atoms with Gasteiger partial charge in [-0.25, -0.2) is 9.97 Å². The lowest BCUT2D eigenvalue weighted by atomic mass is 10.2. The number of carbonyl (C=O) groups excluding carboxylic acids is 1. The number of nitriles is 1. The van der Waals surface area contributed by atoms with E-state index >= 15 is 0 Å². The molecule has 0 spiro atoms. The minimum atomic E-state index is 0.366. The predicted octanol–water partition coefficient (Wildman–Crippen LogP) is 1.01. The number of carbonyl (C=O) groups is 1. The van der Waals surface area contributed by atoms with E-state index < -0.39 is 0 Å². The summed E-state index contributed by atoms with van der Waals surface area (Å²) in [7, 11) is 0. The van der Waals surface area contributed by atoms with Crippen LogP contribution in [0.1, 0.15) is 21.9 Å². The molecule has 2 rings (SSSR count). The van der Waals surface area contributed by atoms with E-state index in [2.05, 4.69) is 9.97 Å². The molecular formula is C11H8N4O. The molecule has 0 N–H and O–H groups in total. The van der Waals surface area contributed by atoms with Gasteiger partial charge >= 0.3 is 0 Å². The second-order valence-electron chi connectivity index (χ2n) is 3.19. The first-order valence-corrected chi connectivity index (χ1v) is 4.65. The molecule has 0 saturated heterocycles. The van der Waals surface area contributed by atoms with Gasteiger partial charge in [-0.2, -0.15) is 5.26 Å². The Kier molecular flexibility index (Phi) is 2.74. The van der Waals surface area contributed by atoms with Crippen LogP contribution >= 0.6 is 0 Å². The maximum atomic E-state index is 10.7. The van der Waals surface area contributed by atoms with Crippen molar-refractivity contribution in [1.29, 1.82) is 5.26 Å². The standard InChI is InChI=1S/C11H8N4O/c12-6-10-5-9(1-2-13-10)7-15-4-3-14-11(15)8-16/h1-5,8H,7H2. The lowest BCUT2D eigenvalue weighted by molar-refractivity contribution is 0.111. The SMILES string of the molecule is N#Cc1cc(Cn2ccnc2C=O)ccn1. The molecule has 0 unspecified atom stereocenters. The zero-order valence-electron chi connectivity index (χ0n) is 8.37. The average Bonchev–Trinajstić information content (AvgIpc) is 2.76. The summed E-state index contributed by atoms with van der Waals surface area (Å²) >= 11 is 0. The van der Waals surface area contributed by atoms with Crippen LogP contribution in [0.4, 0.5) is 0 Å². The second-order valence-corrected chi connectivity index (χ2v) is 3.19. The monoisotopic (exact) mass is 212 g/mol. The molecule has 0 aliphatic carbocycles. The van der Waals surface area contributed by atoms with Crippen LogP contribution in [-0.2, 0) is 6.54 Å². The van der Waals surface area contributed by atoms with Crippen LogP contribution < -0.4 is 0 Å². The summed E-state index contributed by atoms with van der Waals surface area (Å²) < 4.78 is 1.71. The Bertz CT molecular complexity index is 553. The van der Waals surface area contributed by atoms with Gasteiger partial charge in [0.15, 0.2) is 12.1 Å². The highest BCUT2D eigenvalue weighted by molar-refractivity contribution is 5.69. The van der Waals surface area contributed by atoms with Crippen molar-refractivity contribution in [2.24, 2.45) is 0 Å². The van der Waals surface area contributed by atoms with Gasteiger partial charge in [0.05, 0.1) is 0 Å². The molecule has 0 aliphatic heterocycles. The van der Waals surface area contributed by atoms with Gasteiger partial charge in [-0.3, -0.25) is 4.79 Å². The molecular weight excluding hydrogens is 204 g/mol. The third kappa shape index (κ3) is 1.96. The third-order valence-corrected chi connectivity index (χ3v) is 2.14. The van der Waals surface area contributed by atoms with E-state index in [0.29, 0.717) is 24.3 Å². The van der Waals surface area contributed by atoms with E-state index in [1.54, 1.807) is 35.3 Å². The summed E-state index contributed by atoms with van der Waals surface area (Å²) in [5, 5.41) is 8.70. The molecule has 2 aromatic heterocycles. The van der Waals surface area contributed by atoms with Crippen LogP contribution in [0.5, 0.6) is 0 Å². The van der Waals surface area contributed by atoms with Crippen LogP contribution in [0, 0.1) is 11.3 Å². The number of rotatable bonds is 3. The van der Waals surface area contributed by atoms with E-state index in [9.17, 15) is 4.79 Å². The number of aldehydes is 1. The smallest absolute Gasteiger partial charge is 0.185 e. The van der Waals surface area contributed by atoms with Gasteiger partial charge in [-0.1, -0.05) is 0 Å². The van der Waals surface area contributed by atoms with Crippen LogP contribution in [0.15, 0.2) is 30.7 Å². The van der Waals surface area contributed by atoms with Crippen LogP contribution in [-0.4, -0.2) is 20.8 Å². The van der Waals surface area contributed by atoms with Gasteiger partial charge in [-0.05, 0) is 17.7 Å². The minimum Gasteiger partial charge on any atom is -0.324 e. The Labute approximate surface area is 92.0 Å². The molecule has 0 fully saturated rings. The van der Waals surface area contributed by atoms with Crippen molar-refractivity contribution in [2.75, 3.05) is 0 Å². The molecule has 0 bridgehead atoms. The number of imidazole rings is 1. The maximum Gasteiger partial charge on any atom is 0.185 e. The molecule has 0 amide bonds. The van der Waals surface area contributed by atoms with Gasteiger partial charge in [0.25, 0.3) is 0 Å². The molecule has 0 aliphatic rings. The number of pyridine rings is 1. The highest BCUT2D eigenvalue weighted by Crippen LogP contribution is 2.05. The van der Waals surface area contributed by atoms with E-state index in [1.165, 1.54) is 0 Å². The molecule has 78 valence electrons. The summed E-state index contributed by atoms with van der Waals surface area (Å²) in [6.45, 7) is 0.505. The van der Waals surface area contributed by atoms with Crippen molar-refractivity contribution in [2.45, 2.75) is 6.54 Å². The zero-order valence-corrected chi connectivity index (χ0v) is 8.37. The molecule has 5 heteroatoms. The minimum absolute atomic E-state index is 0.366. The number of aromatic nitrogens is 3. The molecule has 2 aromatic rings. The Hall–Kier alpha value is -2.48. The highest BCUT2D eigenvalue weighted by Gasteiger charge is 2.02. The van der Waals surface area contributed by atoms with Gasteiger partial charge in [0.2, 0.25) is 0 Å². The largest absolute Gasteiger partial charge is 0.324 e. The van der Waals surface area contributed by atoms with Crippen molar-refractivity contribution >= 4 is 6.29 Å². The van der Waals surface area contributed by atoms with Crippen molar-refractivity contribution in [1.82, 2.24) is 14.5 Å². The van der Waals surface area contributed by atoms with Gasteiger partial charge in [0, 0.05) is 25.1 Å². The highest BCUT2D eigenvalue weighted by atomic mass is 16.1. The van der Waals surface area contributed by atoms with Crippen LogP contribution in [0.25, 0.3) is 0 Å². The Morgan fingerprint density at radius 2 is 2.31 bits per heavy atom. The summed E-state index contributed by atoms with van der Waals surface area (Å²) in [4.78, 5) is 18.4. The normalized spacial score (nSPS) is 9.69. The maximum absolute atomic E-state index is 10.7. The lowest BCUT2D eigenvalue weighted by Crippen LogP contribution is -2.03. The molecule has 5 nitrogen and oxygen atoms in total. The molecule has 16 heavy (non-hydrogen) atoms. The predicted molar refractivity (Wildman–Crippen MR) is 55.7 cm³/mol. The zero-order chi connectivity index (χ0) is 11.4. The average molecular weight is 212 g/mol. The number of hydrogen-bond donors (Lipinski definition) is 0. The van der Waals surface area contributed by atoms with Gasteiger partial charge in [-0.15, -0.1) is 0 Å². The summed E-state index contributed by atoms with van der Waals surface area (Å²) in [5.74, 6) is 0.371. The first kappa shape index (κ1) is 10.1. The summed E-state index contributed by atoms with van der Waals surface area (Å²) in [5.41, 5.74) is 1.28. The van der Waals surface area contributed by atoms with Crippen molar-refractivity contribution in [3.05, 3.63) is 47.8 Å². The number of nitrogens with zero attached hydrogens (tertiary/aromatic N) is 4. The fourth-order valence-electron chi connectivity index (χ4n) is 1.40. The second kappa shape index (κ2) is 4.36. The quantitative estimate of drug-likeness (QED) is 0.712. The summed E-state index contributed by atoms with van der Waals surface area (Å²) in [6, 6.07) is 5.46. The molecule has 0 saturated carbocycles. The van der Waals surface area contributed by atoms with E-state index in [1.807, 2.05) is 6.07 Å². The lowest BCUT2D eigenvalue weighted by Gasteiger charge is -2.03. The molecule has 0 radical (unpaired) electrons. The third-order valence-electron chi connectivity index (χ3n) is 2.14. The molecule has 2 heterocycles. The Morgan fingerprint density at radius 3 is 3.06 bits per heavy atom. The van der Waals surface area contributed by atoms with Crippen molar-refractivity contribution in [3.63, 3.8) is 0 Å². The summed E-state index contributed by atoms with van der Waals surface area (Å²) in [6.07, 6.45) is 5.56. The van der Waals surface area contributed by atoms with Crippen LogP contribution in [0.3, 0.4) is 0 Å². The first-order valence-electron chi connectivity index (χ1n) is 4.65. The Morgan fingerprint density at radius 1 is 1.44 bits per heavy atom. The van der Waals surface area contributed by atoms with Gasteiger partial charge < -0.3 is 4.57 Å². The van der Waals surface area contributed by atoms with E-state index in [4.69, 9.17) is 5.26 Å². The van der Waals surface area contributed by atoms with Crippen LogP contribution in [0.2, 0.25) is 0 Å². The van der Waals surface area contributed by atoms with Crippen molar-refractivity contribution < 1.29 is 4.79 Å². The van der Waals surface area contributed by atoms with Crippen molar-refractivity contribution in [3.8, 4) is 6.07 Å². The number of hydrogen-bond acceptors (Lipinski definition) is 4. The Balaban J connectivity index is 2.27. The topological polar surface area (TPSA) is 71.6 Å². The first-order chi connectivity index (χ1) is 7.83. The van der Waals surface area contributed by atoms with E-state index in [-0.39, 0.29) is 0 Å². The fraction of sp³-hybridized carbons (Fsp3) is 0.0909. The van der Waals surface area contributed by atoms with E-state index in [0.717, 1.165) is 5.56 Å². The molecule has 0 aromatic carbocycles. The van der Waals surface area contributed by atoms with Gasteiger partial charge in [0.1, 0.15) is 11.8 Å².